The summed E-state index contributed by atoms with van der Waals surface area (Å²) < 4.78 is 0. The summed E-state index contributed by atoms with van der Waals surface area (Å²) in [7, 11) is 2.26. The Balaban J connectivity index is 1.89. The summed E-state index contributed by atoms with van der Waals surface area (Å²) in [6.07, 6.45) is 5.53. The van der Waals surface area contributed by atoms with Gasteiger partial charge in [-0.2, -0.15) is 0 Å². The van der Waals surface area contributed by atoms with Crippen molar-refractivity contribution in [3.05, 3.63) is 0 Å². The van der Waals surface area contributed by atoms with Crippen LogP contribution >= 0.6 is 15.9 Å². The van der Waals surface area contributed by atoms with Crippen LogP contribution in [0.4, 0.5) is 0 Å². The number of alkyl halides is 1. The third-order valence-electron chi connectivity index (χ3n) is 3.00. The van der Waals surface area contributed by atoms with Crippen LogP contribution < -0.4 is 0 Å². The van der Waals surface area contributed by atoms with Gasteiger partial charge in [-0.05, 0) is 44.7 Å². The number of hydrogen-bond donors (Lipinski definition) is 0. The summed E-state index contributed by atoms with van der Waals surface area (Å²) in [6, 6.07) is 0. The number of nitrogens with zero attached hydrogens (tertiary/aromatic N) is 1. The van der Waals surface area contributed by atoms with Crippen LogP contribution in [0.25, 0.3) is 0 Å². The van der Waals surface area contributed by atoms with E-state index in [1.54, 1.807) is 0 Å². The molecular weight excluding hydrogens is 226 g/mol. The molecule has 0 heterocycles. The topological polar surface area (TPSA) is 3.24 Å². The van der Waals surface area contributed by atoms with Crippen LogP contribution in [0.5, 0.6) is 0 Å². The minimum absolute atomic E-state index is 1.00. The van der Waals surface area contributed by atoms with E-state index in [0.717, 1.165) is 17.2 Å². The zero-order valence-electron chi connectivity index (χ0n) is 8.93. The van der Waals surface area contributed by atoms with E-state index in [2.05, 4.69) is 34.8 Å². The molecule has 1 aliphatic carbocycles. The van der Waals surface area contributed by atoms with Crippen molar-refractivity contribution >= 4 is 15.9 Å². The van der Waals surface area contributed by atoms with Gasteiger partial charge in [-0.1, -0.05) is 29.3 Å². The van der Waals surface area contributed by atoms with E-state index in [-0.39, 0.29) is 0 Å². The Morgan fingerprint density at radius 3 is 2.54 bits per heavy atom. The van der Waals surface area contributed by atoms with Gasteiger partial charge in [0.1, 0.15) is 0 Å². The van der Waals surface area contributed by atoms with Crippen molar-refractivity contribution in [2.75, 3.05) is 25.5 Å². The zero-order chi connectivity index (χ0) is 9.68. The first-order valence-electron chi connectivity index (χ1n) is 5.48. The van der Waals surface area contributed by atoms with Crippen LogP contribution in [0.3, 0.4) is 0 Å². The highest BCUT2D eigenvalue weighted by Gasteiger charge is 2.32. The van der Waals surface area contributed by atoms with Crippen LogP contribution in [0.15, 0.2) is 0 Å². The lowest BCUT2D eigenvalue weighted by Crippen LogP contribution is -2.22. The van der Waals surface area contributed by atoms with Crippen molar-refractivity contribution in [3.8, 4) is 0 Å². The lowest BCUT2D eigenvalue weighted by Gasteiger charge is -2.15. The molecule has 0 aromatic heterocycles. The number of rotatable bonds is 7. The molecule has 0 aliphatic heterocycles. The second kappa shape index (κ2) is 6.02. The molecule has 0 amide bonds. The molecule has 1 fully saturated rings. The maximum atomic E-state index is 3.46. The van der Waals surface area contributed by atoms with Crippen LogP contribution in [-0.4, -0.2) is 30.4 Å². The molecule has 0 bridgehead atoms. The Hall–Kier alpha value is 0.440. The molecule has 1 aliphatic rings. The molecule has 0 spiro atoms. The minimum Gasteiger partial charge on any atom is -0.306 e. The van der Waals surface area contributed by atoms with Gasteiger partial charge in [-0.3, -0.25) is 0 Å². The average molecular weight is 248 g/mol. The van der Waals surface area contributed by atoms with E-state index >= 15 is 0 Å². The maximum Gasteiger partial charge on any atom is 0.00313 e. The summed E-state index contributed by atoms with van der Waals surface area (Å²) in [5.74, 6) is 2.02. The molecular formula is C11H22BrN. The summed E-state index contributed by atoms with van der Waals surface area (Å²) in [6.45, 7) is 4.98. The van der Waals surface area contributed by atoms with E-state index in [1.807, 2.05) is 0 Å². The first-order valence-corrected chi connectivity index (χ1v) is 6.60. The van der Waals surface area contributed by atoms with E-state index in [4.69, 9.17) is 0 Å². The molecule has 1 nitrogen and oxygen atoms in total. The van der Waals surface area contributed by atoms with Gasteiger partial charge in [-0.15, -0.1) is 0 Å². The third-order valence-corrected chi connectivity index (χ3v) is 3.56. The predicted molar refractivity (Wildman–Crippen MR) is 62.4 cm³/mol. The molecule has 2 unspecified atom stereocenters. The molecule has 78 valence electrons. The predicted octanol–water partition coefficient (Wildman–Crippen LogP) is 3.14. The zero-order valence-corrected chi connectivity index (χ0v) is 10.5. The van der Waals surface area contributed by atoms with Crippen LogP contribution in [-0.2, 0) is 0 Å². The van der Waals surface area contributed by atoms with Crippen molar-refractivity contribution in [2.24, 2.45) is 11.8 Å². The second-order valence-electron chi connectivity index (χ2n) is 4.48. The summed E-state index contributed by atoms with van der Waals surface area (Å²) in [5.41, 5.74) is 0. The van der Waals surface area contributed by atoms with Gasteiger partial charge < -0.3 is 4.90 Å². The Morgan fingerprint density at radius 2 is 2.00 bits per heavy atom. The summed E-state index contributed by atoms with van der Waals surface area (Å²) in [5, 5.41) is 1.16. The van der Waals surface area contributed by atoms with Crippen molar-refractivity contribution in [1.29, 1.82) is 0 Å². The quantitative estimate of drug-likeness (QED) is 0.494. The van der Waals surface area contributed by atoms with Crippen molar-refractivity contribution < 1.29 is 0 Å². The van der Waals surface area contributed by atoms with Gasteiger partial charge in [0, 0.05) is 11.9 Å². The number of hydrogen-bond acceptors (Lipinski definition) is 1. The smallest absolute Gasteiger partial charge is 0.00313 e. The normalized spacial score (nSPS) is 26.8. The van der Waals surface area contributed by atoms with Gasteiger partial charge in [0.15, 0.2) is 0 Å². The lowest BCUT2D eigenvalue weighted by molar-refractivity contribution is 0.307. The molecule has 1 saturated carbocycles. The van der Waals surface area contributed by atoms with E-state index < -0.39 is 0 Å². The van der Waals surface area contributed by atoms with E-state index in [0.29, 0.717) is 0 Å². The lowest BCUT2D eigenvalue weighted by atomic mass is 10.2. The van der Waals surface area contributed by atoms with Gasteiger partial charge in [-0.25, -0.2) is 0 Å². The molecule has 13 heavy (non-hydrogen) atoms. The van der Waals surface area contributed by atoms with Crippen LogP contribution in [0.1, 0.15) is 32.6 Å². The van der Waals surface area contributed by atoms with Gasteiger partial charge >= 0.3 is 0 Å². The average Bonchev–Trinajstić information content (AvgIpc) is 2.76. The largest absolute Gasteiger partial charge is 0.306 e. The molecule has 2 heteroatoms. The molecule has 0 radical (unpaired) electrons. The van der Waals surface area contributed by atoms with Crippen LogP contribution in [0, 0.1) is 11.8 Å². The molecule has 0 N–H and O–H groups in total. The fourth-order valence-electron chi connectivity index (χ4n) is 1.80. The summed E-state index contributed by atoms with van der Waals surface area (Å²) in [4.78, 5) is 2.50. The first kappa shape index (κ1) is 11.5. The standard InChI is InChI=1S/C11H22BrN/c1-10-8-11(10)9-13(2)7-5-3-4-6-12/h10-11H,3-9H2,1-2H3. The highest BCUT2D eigenvalue weighted by Crippen LogP contribution is 2.37. The SMILES string of the molecule is CC1CC1CN(C)CCCCCBr. The van der Waals surface area contributed by atoms with Crippen molar-refractivity contribution in [2.45, 2.75) is 32.6 Å². The number of unbranched alkanes of at least 4 members (excludes halogenated alkanes) is 2. The molecule has 2 atom stereocenters. The van der Waals surface area contributed by atoms with Gasteiger partial charge in [0.05, 0.1) is 0 Å². The van der Waals surface area contributed by atoms with Gasteiger partial charge in [0.25, 0.3) is 0 Å². The molecule has 0 aromatic carbocycles. The highest BCUT2D eigenvalue weighted by atomic mass is 79.9. The Bertz CT molecular complexity index is 138. The third kappa shape index (κ3) is 5.02. The highest BCUT2D eigenvalue weighted by molar-refractivity contribution is 9.09. The minimum atomic E-state index is 1.00. The Morgan fingerprint density at radius 1 is 1.31 bits per heavy atom. The fraction of sp³-hybridized carbons (Fsp3) is 1.00. The second-order valence-corrected chi connectivity index (χ2v) is 5.28. The van der Waals surface area contributed by atoms with Gasteiger partial charge in [0.2, 0.25) is 0 Å². The number of halogens is 1. The molecule has 0 saturated heterocycles. The first-order chi connectivity index (χ1) is 6.24. The van der Waals surface area contributed by atoms with Crippen LogP contribution in [0.2, 0.25) is 0 Å². The Kier molecular flexibility index (Phi) is 5.34. The Labute approximate surface area is 91.0 Å². The van der Waals surface area contributed by atoms with Crippen molar-refractivity contribution in [1.82, 2.24) is 4.90 Å². The monoisotopic (exact) mass is 247 g/mol. The molecule has 0 aromatic rings. The summed E-state index contributed by atoms with van der Waals surface area (Å²) >= 11 is 3.46. The maximum absolute atomic E-state index is 3.46. The fourth-order valence-corrected chi connectivity index (χ4v) is 2.19. The van der Waals surface area contributed by atoms with E-state index in [9.17, 15) is 0 Å². The van der Waals surface area contributed by atoms with Crippen molar-refractivity contribution in [3.63, 3.8) is 0 Å². The molecule has 1 rings (SSSR count). The van der Waals surface area contributed by atoms with E-state index in [1.165, 1.54) is 38.8 Å².